The van der Waals surface area contributed by atoms with Crippen LogP contribution in [0.4, 0.5) is 5.69 Å². The quantitative estimate of drug-likeness (QED) is 0.745. The Morgan fingerprint density at radius 2 is 1.38 bits per heavy atom. The van der Waals surface area contributed by atoms with Gasteiger partial charge in [-0.25, -0.2) is 0 Å². The van der Waals surface area contributed by atoms with Crippen LogP contribution in [0.15, 0.2) is 70.3 Å². The van der Waals surface area contributed by atoms with Gasteiger partial charge in [0.05, 0.1) is 11.3 Å². The Bertz CT molecular complexity index is 815. The van der Waals surface area contributed by atoms with E-state index in [2.05, 4.69) is 5.32 Å². The highest BCUT2D eigenvalue weighted by Gasteiger charge is 2.23. The molecule has 0 heterocycles. The zero-order valence-electron chi connectivity index (χ0n) is 11.7. The first kappa shape index (κ1) is 13.3. The summed E-state index contributed by atoms with van der Waals surface area (Å²) in [5.41, 5.74) is 1.92. The Labute approximate surface area is 122 Å². The molecular weight excluding hydrogens is 262 g/mol. The monoisotopic (exact) mass is 277 g/mol. The highest BCUT2D eigenvalue weighted by atomic mass is 16.2. The summed E-state index contributed by atoms with van der Waals surface area (Å²) < 4.78 is 0. The summed E-state index contributed by atoms with van der Waals surface area (Å²) >= 11 is 0. The number of anilines is 1. The van der Waals surface area contributed by atoms with Gasteiger partial charge in [0.2, 0.25) is 10.9 Å². The van der Waals surface area contributed by atoms with Crippen LogP contribution in [0.2, 0.25) is 0 Å². The SMILES string of the molecule is CC(Nc1c(-c2ccccc2)c(=O)c1=O)c1ccccc1. The zero-order valence-corrected chi connectivity index (χ0v) is 11.7. The normalized spacial score (nSPS) is 12.2. The maximum absolute atomic E-state index is 11.8. The number of hydrogen-bond donors (Lipinski definition) is 1. The van der Waals surface area contributed by atoms with E-state index in [0.717, 1.165) is 11.1 Å². The minimum Gasteiger partial charge on any atom is -0.375 e. The summed E-state index contributed by atoms with van der Waals surface area (Å²) in [6.45, 7) is 1.97. The summed E-state index contributed by atoms with van der Waals surface area (Å²) in [6, 6.07) is 19.1. The molecule has 21 heavy (non-hydrogen) atoms. The van der Waals surface area contributed by atoms with E-state index in [9.17, 15) is 9.59 Å². The molecule has 0 radical (unpaired) electrons. The molecule has 1 N–H and O–H groups in total. The van der Waals surface area contributed by atoms with Crippen molar-refractivity contribution in [2.24, 2.45) is 0 Å². The van der Waals surface area contributed by atoms with E-state index in [1.165, 1.54) is 0 Å². The van der Waals surface area contributed by atoms with Crippen LogP contribution >= 0.6 is 0 Å². The average molecular weight is 277 g/mol. The zero-order chi connectivity index (χ0) is 14.8. The highest BCUT2D eigenvalue weighted by molar-refractivity contribution is 5.82. The number of nitrogens with one attached hydrogen (secondary N) is 1. The lowest BCUT2D eigenvalue weighted by atomic mass is 9.97. The highest BCUT2D eigenvalue weighted by Crippen LogP contribution is 2.26. The van der Waals surface area contributed by atoms with Crippen LogP contribution in [0.25, 0.3) is 11.1 Å². The van der Waals surface area contributed by atoms with Crippen molar-refractivity contribution in [1.82, 2.24) is 0 Å². The third-order valence-electron chi connectivity index (χ3n) is 3.63. The Morgan fingerprint density at radius 1 is 0.810 bits per heavy atom. The van der Waals surface area contributed by atoms with Gasteiger partial charge in [-0.15, -0.1) is 0 Å². The molecule has 0 spiro atoms. The maximum atomic E-state index is 11.8. The van der Waals surface area contributed by atoms with Gasteiger partial charge in [0, 0.05) is 6.04 Å². The van der Waals surface area contributed by atoms with Crippen molar-refractivity contribution in [1.29, 1.82) is 0 Å². The van der Waals surface area contributed by atoms with Gasteiger partial charge in [-0.3, -0.25) is 9.59 Å². The van der Waals surface area contributed by atoms with Gasteiger partial charge in [-0.2, -0.15) is 0 Å². The summed E-state index contributed by atoms with van der Waals surface area (Å²) in [4.78, 5) is 23.7. The fourth-order valence-electron chi connectivity index (χ4n) is 2.45. The molecular formula is C18H15NO2. The number of hydrogen-bond acceptors (Lipinski definition) is 3. The second kappa shape index (κ2) is 5.37. The summed E-state index contributed by atoms with van der Waals surface area (Å²) in [5, 5.41) is 3.17. The molecule has 0 aromatic heterocycles. The molecule has 3 rings (SSSR count). The van der Waals surface area contributed by atoms with Gasteiger partial charge in [-0.05, 0) is 18.1 Å². The summed E-state index contributed by atoms with van der Waals surface area (Å²) in [6.07, 6.45) is 0. The largest absolute Gasteiger partial charge is 0.375 e. The van der Waals surface area contributed by atoms with Crippen LogP contribution in [0.3, 0.4) is 0 Å². The lowest BCUT2D eigenvalue weighted by Crippen LogP contribution is -2.36. The third-order valence-corrected chi connectivity index (χ3v) is 3.63. The topological polar surface area (TPSA) is 46.2 Å². The van der Waals surface area contributed by atoms with E-state index in [4.69, 9.17) is 0 Å². The van der Waals surface area contributed by atoms with Crippen LogP contribution in [0, 0.1) is 0 Å². The molecule has 104 valence electrons. The first-order valence-corrected chi connectivity index (χ1v) is 6.88. The van der Waals surface area contributed by atoms with Gasteiger partial charge in [0.25, 0.3) is 0 Å². The Kier molecular flexibility index (Phi) is 3.40. The van der Waals surface area contributed by atoms with E-state index in [0.29, 0.717) is 11.3 Å². The van der Waals surface area contributed by atoms with Crippen molar-refractivity contribution in [3.8, 4) is 11.1 Å². The maximum Gasteiger partial charge on any atom is 0.250 e. The molecule has 0 fully saturated rings. The molecule has 3 heteroatoms. The van der Waals surface area contributed by atoms with Crippen molar-refractivity contribution < 1.29 is 0 Å². The molecule has 1 atom stereocenters. The number of rotatable bonds is 4. The van der Waals surface area contributed by atoms with Gasteiger partial charge in [-0.1, -0.05) is 60.7 Å². The Balaban J connectivity index is 1.93. The molecule has 0 aliphatic carbocycles. The molecule has 0 aliphatic heterocycles. The summed E-state index contributed by atoms with van der Waals surface area (Å²) in [5.74, 6) is 0. The molecule has 3 nitrogen and oxygen atoms in total. The second-order valence-corrected chi connectivity index (χ2v) is 5.05. The fraction of sp³-hybridized carbons (Fsp3) is 0.111. The first-order chi connectivity index (χ1) is 10.2. The summed E-state index contributed by atoms with van der Waals surface area (Å²) in [7, 11) is 0. The molecule has 0 saturated heterocycles. The molecule has 3 aromatic carbocycles. The van der Waals surface area contributed by atoms with E-state index < -0.39 is 10.9 Å². The van der Waals surface area contributed by atoms with E-state index in [1.807, 2.05) is 67.6 Å². The van der Waals surface area contributed by atoms with Crippen molar-refractivity contribution in [2.75, 3.05) is 5.32 Å². The minimum atomic E-state index is -0.434. The lowest BCUT2D eigenvalue weighted by Gasteiger charge is -2.19. The average Bonchev–Trinajstić information content (AvgIpc) is 2.55. The molecule has 3 aromatic rings. The van der Waals surface area contributed by atoms with Gasteiger partial charge in [0.1, 0.15) is 0 Å². The standard InChI is InChI=1S/C18H15NO2/c1-12(13-8-4-2-5-9-13)19-16-15(17(20)18(16)21)14-10-6-3-7-11-14/h2-12,19H,1H3. The second-order valence-electron chi connectivity index (χ2n) is 5.05. The van der Waals surface area contributed by atoms with Crippen LogP contribution in [-0.4, -0.2) is 0 Å². The van der Waals surface area contributed by atoms with Crippen molar-refractivity contribution >= 4 is 5.69 Å². The Hall–Kier alpha value is -2.68. The van der Waals surface area contributed by atoms with Crippen molar-refractivity contribution in [3.63, 3.8) is 0 Å². The van der Waals surface area contributed by atoms with Gasteiger partial charge < -0.3 is 5.32 Å². The number of benzene rings is 2. The van der Waals surface area contributed by atoms with E-state index in [-0.39, 0.29) is 6.04 Å². The molecule has 1 unspecified atom stereocenters. The van der Waals surface area contributed by atoms with Crippen LogP contribution < -0.4 is 16.2 Å². The third kappa shape index (κ3) is 2.38. The van der Waals surface area contributed by atoms with E-state index >= 15 is 0 Å². The Morgan fingerprint density at radius 3 is 2.00 bits per heavy atom. The minimum absolute atomic E-state index is 0.0306. The predicted octanol–water partition coefficient (Wildman–Crippen LogP) is 3.12. The molecule has 0 aliphatic rings. The molecule has 0 bridgehead atoms. The van der Waals surface area contributed by atoms with Gasteiger partial charge >= 0.3 is 0 Å². The fourth-order valence-corrected chi connectivity index (χ4v) is 2.45. The predicted molar refractivity (Wildman–Crippen MR) is 85.3 cm³/mol. The molecule has 0 saturated carbocycles. The van der Waals surface area contributed by atoms with E-state index in [1.54, 1.807) is 0 Å². The van der Waals surface area contributed by atoms with Crippen LogP contribution in [0.1, 0.15) is 18.5 Å². The lowest BCUT2D eigenvalue weighted by molar-refractivity contribution is 0.880. The first-order valence-electron chi connectivity index (χ1n) is 6.88. The van der Waals surface area contributed by atoms with Gasteiger partial charge in [0.15, 0.2) is 0 Å². The van der Waals surface area contributed by atoms with Crippen LogP contribution in [-0.2, 0) is 0 Å². The van der Waals surface area contributed by atoms with Crippen LogP contribution in [0.5, 0.6) is 0 Å². The van der Waals surface area contributed by atoms with Crippen molar-refractivity contribution in [2.45, 2.75) is 13.0 Å². The molecule has 0 amide bonds. The van der Waals surface area contributed by atoms with Crippen molar-refractivity contribution in [3.05, 3.63) is 86.7 Å². The smallest absolute Gasteiger partial charge is 0.250 e.